The van der Waals surface area contributed by atoms with Crippen LogP contribution in [-0.2, 0) is 16.0 Å². The van der Waals surface area contributed by atoms with Crippen molar-refractivity contribution in [3.05, 3.63) is 108 Å². The Morgan fingerprint density at radius 3 is 1.26 bits per heavy atom. The van der Waals surface area contributed by atoms with Crippen LogP contribution in [0.2, 0.25) is 0 Å². The molecule has 2 N–H and O–H groups in total. The summed E-state index contributed by atoms with van der Waals surface area (Å²) in [4.78, 5) is 24.6. The Hall–Kier alpha value is -4.98. The van der Waals surface area contributed by atoms with Gasteiger partial charge in [0.15, 0.2) is 36.2 Å². The molecular formula is C31H30N2O6. The Kier molecular flexibility index (Phi) is 9.39. The average Bonchev–Trinajstić information content (AvgIpc) is 2.97. The van der Waals surface area contributed by atoms with Crippen molar-refractivity contribution in [2.24, 2.45) is 0 Å². The van der Waals surface area contributed by atoms with Gasteiger partial charge in [-0.3, -0.25) is 9.59 Å². The van der Waals surface area contributed by atoms with Crippen LogP contribution < -0.4 is 29.6 Å². The minimum absolute atomic E-state index is 0.127. The molecule has 0 saturated carbocycles. The van der Waals surface area contributed by atoms with Crippen molar-refractivity contribution in [1.29, 1.82) is 0 Å². The van der Waals surface area contributed by atoms with Crippen LogP contribution >= 0.6 is 0 Å². The lowest BCUT2D eigenvalue weighted by molar-refractivity contribution is -0.118. The van der Waals surface area contributed by atoms with Crippen LogP contribution in [0, 0.1) is 0 Å². The number of ether oxygens (including phenoxy) is 4. The van der Waals surface area contributed by atoms with E-state index < -0.39 is 0 Å². The number of hydrogen-bond acceptors (Lipinski definition) is 6. The molecule has 0 saturated heterocycles. The zero-order chi connectivity index (χ0) is 27.5. The Morgan fingerprint density at radius 1 is 0.538 bits per heavy atom. The molecule has 200 valence electrons. The number of hydrogen-bond donors (Lipinski definition) is 2. The molecule has 0 bridgehead atoms. The summed E-state index contributed by atoms with van der Waals surface area (Å²) in [5, 5.41) is 5.66. The van der Waals surface area contributed by atoms with E-state index in [0.29, 0.717) is 40.8 Å². The standard InChI is InChI=1S/C31H30N2O6/c1-36-26-7-3-5-9-28(26)38-20-30(34)32-24-15-11-22(12-16-24)19-23-13-17-25(18-14-23)33-31(35)21-39-29-10-6-4-8-27(29)37-2/h3-18H,19-21H2,1-2H3,(H,32,34)(H,33,35). The van der Waals surface area contributed by atoms with Gasteiger partial charge in [-0.1, -0.05) is 48.5 Å². The Balaban J connectivity index is 1.22. The molecule has 0 aliphatic heterocycles. The van der Waals surface area contributed by atoms with Gasteiger partial charge in [-0.2, -0.15) is 0 Å². The quantitative estimate of drug-likeness (QED) is 0.259. The second-order valence-electron chi connectivity index (χ2n) is 8.55. The first-order chi connectivity index (χ1) is 19.0. The van der Waals surface area contributed by atoms with Crippen molar-refractivity contribution < 1.29 is 28.5 Å². The van der Waals surface area contributed by atoms with Crippen LogP contribution in [-0.4, -0.2) is 39.2 Å². The normalized spacial score (nSPS) is 10.3. The molecule has 0 heterocycles. The third-order valence-electron chi connectivity index (χ3n) is 5.74. The van der Waals surface area contributed by atoms with Gasteiger partial charge in [-0.15, -0.1) is 0 Å². The molecule has 0 aliphatic carbocycles. The van der Waals surface area contributed by atoms with Gasteiger partial charge in [0.2, 0.25) is 0 Å². The van der Waals surface area contributed by atoms with Gasteiger partial charge in [-0.25, -0.2) is 0 Å². The topological polar surface area (TPSA) is 95.1 Å². The molecule has 8 heteroatoms. The van der Waals surface area contributed by atoms with Gasteiger partial charge in [0.25, 0.3) is 11.8 Å². The van der Waals surface area contributed by atoms with E-state index in [9.17, 15) is 9.59 Å². The molecule has 4 aromatic rings. The van der Waals surface area contributed by atoms with Crippen LogP contribution in [0.25, 0.3) is 0 Å². The highest BCUT2D eigenvalue weighted by Gasteiger charge is 2.09. The highest BCUT2D eigenvalue weighted by molar-refractivity contribution is 5.92. The molecule has 0 spiro atoms. The van der Waals surface area contributed by atoms with Crippen molar-refractivity contribution in [1.82, 2.24) is 0 Å². The van der Waals surface area contributed by atoms with Crippen LogP contribution in [0.5, 0.6) is 23.0 Å². The van der Waals surface area contributed by atoms with Crippen molar-refractivity contribution in [3.63, 3.8) is 0 Å². The Labute approximate surface area is 227 Å². The highest BCUT2D eigenvalue weighted by Crippen LogP contribution is 2.26. The molecule has 0 aromatic heterocycles. The maximum absolute atomic E-state index is 12.3. The maximum atomic E-state index is 12.3. The van der Waals surface area contributed by atoms with E-state index >= 15 is 0 Å². The van der Waals surface area contributed by atoms with Gasteiger partial charge >= 0.3 is 0 Å². The number of nitrogens with one attached hydrogen (secondary N) is 2. The smallest absolute Gasteiger partial charge is 0.262 e. The SMILES string of the molecule is COc1ccccc1OCC(=O)Nc1ccc(Cc2ccc(NC(=O)COc3ccccc3OC)cc2)cc1. The molecule has 4 aromatic carbocycles. The summed E-state index contributed by atoms with van der Waals surface area (Å²) in [6.07, 6.45) is 0.705. The summed E-state index contributed by atoms with van der Waals surface area (Å²) in [5.74, 6) is 1.64. The lowest BCUT2D eigenvalue weighted by Crippen LogP contribution is -2.20. The molecule has 0 radical (unpaired) electrons. The number of benzene rings is 4. The summed E-state index contributed by atoms with van der Waals surface area (Å²) in [6.45, 7) is -0.255. The molecule has 8 nitrogen and oxygen atoms in total. The summed E-state index contributed by atoms with van der Waals surface area (Å²) in [6, 6.07) is 29.6. The number of carbonyl (C=O) groups is 2. The van der Waals surface area contributed by atoms with Crippen LogP contribution in [0.4, 0.5) is 11.4 Å². The van der Waals surface area contributed by atoms with Crippen molar-refractivity contribution in [2.75, 3.05) is 38.1 Å². The summed E-state index contributed by atoms with van der Waals surface area (Å²) < 4.78 is 21.6. The van der Waals surface area contributed by atoms with Gasteiger partial charge in [0.1, 0.15) is 0 Å². The third-order valence-corrected chi connectivity index (χ3v) is 5.74. The Morgan fingerprint density at radius 2 is 0.897 bits per heavy atom. The average molecular weight is 527 g/mol. The molecule has 39 heavy (non-hydrogen) atoms. The molecule has 0 atom stereocenters. The number of methoxy groups -OCH3 is 2. The zero-order valence-electron chi connectivity index (χ0n) is 21.8. The second-order valence-corrected chi connectivity index (χ2v) is 8.55. The minimum Gasteiger partial charge on any atom is -0.493 e. The lowest BCUT2D eigenvalue weighted by atomic mass is 10.0. The predicted molar refractivity (Wildman–Crippen MR) is 150 cm³/mol. The van der Waals surface area contributed by atoms with E-state index in [-0.39, 0.29) is 25.0 Å². The van der Waals surface area contributed by atoms with Gasteiger partial charge < -0.3 is 29.6 Å². The molecule has 0 aliphatic rings. The zero-order valence-corrected chi connectivity index (χ0v) is 21.8. The monoisotopic (exact) mass is 526 g/mol. The summed E-state index contributed by atoms with van der Waals surface area (Å²) in [7, 11) is 3.11. The fourth-order valence-electron chi connectivity index (χ4n) is 3.80. The first-order valence-corrected chi connectivity index (χ1v) is 12.3. The van der Waals surface area contributed by atoms with E-state index in [1.807, 2.05) is 72.8 Å². The van der Waals surface area contributed by atoms with Crippen LogP contribution in [0.1, 0.15) is 11.1 Å². The van der Waals surface area contributed by atoms with Crippen molar-refractivity contribution >= 4 is 23.2 Å². The number of rotatable bonds is 12. The number of anilines is 2. The number of amides is 2. The molecule has 4 rings (SSSR count). The highest BCUT2D eigenvalue weighted by atomic mass is 16.5. The second kappa shape index (κ2) is 13.5. The minimum atomic E-state index is -0.264. The van der Waals surface area contributed by atoms with Crippen molar-refractivity contribution in [3.8, 4) is 23.0 Å². The van der Waals surface area contributed by atoms with Gasteiger partial charge in [-0.05, 0) is 66.1 Å². The van der Waals surface area contributed by atoms with E-state index in [1.165, 1.54) is 0 Å². The summed E-state index contributed by atoms with van der Waals surface area (Å²) >= 11 is 0. The third kappa shape index (κ3) is 8.00. The van der Waals surface area contributed by atoms with Crippen molar-refractivity contribution in [2.45, 2.75) is 6.42 Å². The van der Waals surface area contributed by atoms with E-state index in [4.69, 9.17) is 18.9 Å². The fourth-order valence-corrected chi connectivity index (χ4v) is 3.80. The predicted octanol–water partition coefficient (Wildman–Crippen LogP) is 5.33. The number of carbonyl (C=O) groups excluding carboxylic acids is 2. The van der Waals surface area contributed by atoms with Crippen LogP contribution in [0.3, 0.4) is 0 Å². The number of para-hydroxylation sites is 4. The van der Waals surface area contributed by atoms with Gasteiger partial charge in [0.05, 0.1) is 14.2 Å². The molecule has 0 fully saturated rings. The van der Waals surface area contributed by atoms with E-state index in [0.717, 1.165) is 11.1 Å². The fraction of sp³-hybridized carbons (Fsp3) is 0.161. The van der Waals surface area contributed by atoms with Crippen LogP contribution in [0.15, 0.2) is 97.1 Å². The Bertz CT molecular complexity index is 1280. The van der Waals surface area contributed by atoms with Gasteiger partial charge in [0, 0.05) is 11.4 Å². The molecular weight excluding hydrogens is 496 g/mol. The first kappa shape index (κ1) is 27.1. The van der Waals surface area contributed by atoms with E-state index in [2.05, 4.69) is 10.6 Å². The first-order valence-electron chi connectivity index (χ1n) is 12.3. The molecule has 2 amide bonds. The lowest BCUT2D eigenvalue weighted by Gasteiger charge is -2.11. The largest absolute Gasteiger partial charge is 0.493 e. The maximum Gasteiger partial charge on any atom is 0.262 e. The molecule has 0 unspecified atom stereocenters. The summed E-state index contributed by atoms with van der Waals surface area (Å²) in [5.41, 5.74) is 3.53. The van der Waals surface area contributed by atoms with E-state index in [1.54, 1.807) is 38.5 Å².